The Bertz CT molecular complexity index is 111. The molecule has 3 heteroatoms. The zero-order valence-corrected chi connectivity index (χ0v) is 3.85. The molecule has 0 saturated carbocycles. The third kappa shape index (κ3) is 0.602. The van der Waals surface area contributed by atoms with E-state index in [2.05, 4.69) is 25.0 Å². The van der Waals surface area contributed by atoms with E-state index in [1.54, 1.807) is 12.4 Å². The number of aliphatic imine (C=N–C) groups is 2. The molecule has 1 heterocycles. The number of hydrogen-bond donors (Lipinski definition) is 0. The topological polar surface area (TPSA) is 24.7 Å². The van der Waals surface area contributed by atoms with Crippen LogP contribution < -0.4 is 0 Å². The van der Waals surface area contributed by atoms with Crippen LogP contribution in [0, 0.1) is 0 Å². The van der Waals surface area contributed by atoms with E-state index in [-0.39, 0.29) is 0 Å². The summed E-state index contributed by atoms with van der Waals surface area (Å²) in [6.45, 7) is 0. The molecule has 0 atom stereocenters. The first-order valence-electron chi connectivity index (χ1n) is 1.46. The van der Waals surface area contributed by atoms with E-state index < -0.39 is 0 Å². The summed E-state index contributed by atoms with van der Waals surface area (Å²) in [4.78, 5) is 7.28. The van der Waals surface area contributed by atoms with Gasteiger partial charge in [0.25, 0.3) is 0 Å². The number of hydrogen-bond acceptors (Lipinski definition) is 2. The van der Waals surface area contributed by atoms with Gasteiger partial charge in [0, 0.05) is 0 Å². The van der Waals surface area contributed by atoms with E-state index >= 15 is 0 Å². The molecule has 34 valence electrons. The molecule has 0 spiro atoms. The Morgan fingerprint density at radius 2 is 1.83 bits per heavy atom. The molecule has 1 aliphatic heterocycles. The fourth-order valence-electron chi connectivity index (χ4n) is 0.214. The second-order valence-electron chi connectivity index (χ2n) is 0.798. The fourth-order valence-corrected chi connectivity index (χ4v) is 0.361. The molecule has 0 unspecified atom stereocenters. The maximum atomic E-state index is 4.26. The second-order valence-corrected chi connectivity index (χ2v) is 1.24. The summed E-state index contributed by atoms with van der Waals surface area (Å²) in [5, 5.41) is 0. The first-order valence-corrected chi connectivity index (χ1v) is 1.95. The van der Waals surface area contributed by atoms with Crippen LogP contribution in [0.15, 0.2) is 9.98 Å². The predicted octanol–water partition coefficient (Wildman–Crippen LogP) is -0.224. The van der Waals surface area contributed by atoms with E-state index in [9.17, 15) is 0 Å². The van der Waals surface area contributed by atoms with Gasteiger partial charge in [-0.25, -0.2) is 0 Å². The SMILES string of the molecule is [Ni]=[C]1N=CC=N1. The molecular formula is C3H2N2Ni. The van der Waals surface area contributed by atoms with Gasteiger partial charge in [0.2, 0.25) is 0 Å². The molecule has 0 saturated heterocycles. The van der Waals surface area contributed by atoms with Gasteiger partial charge in [0.1, 0.15) is 0 Å². The summed E-state index contributed by atoms with van der Waals surface area (Å²) >= 11 is 4.26. The molecule has 0 aromatic carbocycles. The minimum absolute atomic E-state index is 0.468. The van der Waals surface area contributed by atoms with Crippen molar-refractivity contribution in [3.8, 4) is 0 Å². The number of nitrogens with zero attached hydrogens (tertiary/aromatic N) is 2. The van der Waals surface area contributed by atoms with Crippen molar-refractivity contribution in [1.82, 2.24) is 0 Å². The van der Waals surface area contributed by atoms with E-state index in [1.165, 1.54) is 0 Å². The van der Waals surface area contributed by atoms with Gasteiger partial charge in [-0.2, -0.15) is 0 Å². The van der Waals surface area contributed by atoms with Crippen LogP contribution in [0.4, 0.5) is 0 Å². The molecule has 6 heavy (non-hydrogen) atoms. The predicted molar refractivity (Wildman–Crippen MR) is 22.0 cm³/mol. The fraction of sp³-hybridized carbons (Fsp3) is 0. The van der Waals surface area contributed by atoms with Crippen molar-refractivity contribution in [2.75, 3.05) is 0 Å². The summed E-state index contributed by atoms with van der Waals surface area (Å²) in [7, 11) is 0. The van der Waals surface area contributed by atoms with Crippen molar-refractivity contribution in [2.45, 2.75) is 0 Å². The average Bonchev–Trinajstić information content (AvgIpc) is 1.86. The normalized spacial score (nSPS) is 17.3. The Labute approximate surface area is 42.9 Å². The van der Waals surface area contributed by atoms with Crippen molar-refractivity contribution in [1.29, 1.82) is 0 Å². The zero-order chi connectivity index (χ0) is 4.41. The van der Waals surface area contributed by atoms with Crippen LogP contribution in [0.25, 0.3) is 0 Å². The Kier molecular flexibility index (Phi) is 0.928. The minimum atomic E-state index is 0.468. The molecule has 0 radical (unpaired) electrons. The van der Waals surface area contributed by atoms with Crippen molar-refractivity contribution in [3.05, 3.63) is 0 Å². The summed E-state index contributed by atoms with van der Waals surface area (Å²) in [6, 6.07) is 0. The van der Waals surface area contributed by atoms with E-state index in [1.807, 2.05) is 0 Å². The van der Waals surface area contributed by atoms with Crippen LogP contribution in [0.1, 0.15) is 0 Å². The van der Waals surface area contributed by atoms with Gasteiger partial charge in [0.05, 0.1) is 0 Å². The summed E-state index contributed by atoms with van der Waals surface area (Å²) < 4.78 is 0.468. The van der Waals surface area contributed by atoms with Crippen LogP contribution in [-0.4, -0.2) is 17.2 Å². The van der Waals surface area contributed by atoms with Gasteiger partial charge in [-0.15, -0.1) is 0 Å². The van der Waals surface area contributed by atoms with Crippen molar-refractivity contribution >= 4 is 17.2 Å². The molecule has 0 amide bonds. The van der Waals surface area contributed by atoms with Crippen molar-refractivity contribution in [3.63, 3.8) is 0 Å². The maximum absolute atomic E-state index is 4.26. The average molecular weight is 125 g/mol. The molecule has 0 aromatic rings. The van der Waals surface area contributed by atoms with Crippen LogP contribution in [-0.2, 0) is 15.0 Å². The third-order valence-electron chi connectivity index (χ3n) is 0.413. The summed E-state index contributed by atoms with van der Waals surface area (Å²) in [6.07, 6.45) is 3.16. The standard InChI is InChI=1S/C3H2N2.Ni/c1-2-5-3-4-1;/h1-2H;. The number of rotatable bonds is 0. The Hall–Kier alpha value is -0.296. The van der Waals surface area contributed by atoms with E-state index in [0.717, 1.165) is 0 Å². The molecule has 1 rings (SSSR count). The van der Waals surface area contributed by atoms with Crippen LogP contribution in [0.3, 0.4) is 0 Å². The van der Waals surface area contributed by atoms with E-state index in [0.29, 0.717) is 4.74 Å². The van der Waals surface area contributed by atoms with Crippen molar-refractivity contribution in [2.24, 2.45) is 9.98 Å². The first kappa shape index (κ1) is 3.88. The van der Waals surface area contributed by atoms with Crippen LogP contribution >= 0.6 is 0 Å². The molecule has 0 aromatic heterocycles. The van der Waals surface area contributed by atoms with E-state index in [4.69, 9.17) is 0 Å². The summed E-state index contributed by atoms with van der Waals surface area (Å²) in [5.74, 6) is 0. The monoisotopic (exact) mass is 124 g/mol. The third-order valence-corrected chi connectivity index (χ3v) is 0.668. The van der Waals surface area contributed by atoms with Gasteiger partial charge in [-0.1, -0.05) is 0 Å². The Morgan fingerprint density at radius 1 is 1.33 bits per heavy atom. The molecule has 0 bridgehead atoms. The van der Waals surface area contributed by atoms with Crippen LogP contribution in [0.5, 0.6) is 0 Å². The molecule has 0 fully saturated rings. The van der Waals surface area contributed by atoms with Crippen LogP contribution in [0.2, 0.25) is 0 Å². The molecular weight excluding hydrogens is 123 g/mol. The van der Waals surface area contributed by atoms with Crippen molar-refractivity contribution < 1.29 is 15.0 Å². The first-order chi connectivity index (χ1) is 2.89. The Balaban J connectivity index is 2.86. The van der Waals surface area contributed by atoms with Gasteiger partial charge in [-0.3, -0.25) is 0 Å². The zero-order valence-electron chi connectivity index (χ0n) is 2.87. The molecule has 0 N–H and O–H groups in total. The molecule has 2 nitrogen and oxygen atoms in total. The van der Waals surface area contributed by atoms with Gasteiger partial charge < -0.3 is 0 Å². The van der Waals surface area contributed by atoms with Gasteiger partial charge in [0.15, 0.2) is 0 Å². The van der Waals surface area contributed by atoms with Gasteiger partial charge >= 0.3 is 42.2 Å². The quantitative estimate of drug-likeness (QED) is 0.399. The molecule has 0 aliphatic carbocycles. The van der Waals surface area contributed by atoms with Gasteiger partial charge in [-0.05, 0) is 0 Å². The Morgan fingerprint density at radius 3 is 2.00 bits per heavy atom. The second kappa shape index (κ2) is 1.44. The molecule has 1 aliphatic rings. The summed E-state index contributed by atoms with van der Waals surface area (Å²) in [5.41, 5.74) is 0.